The minimum absolute atomic E-state index is 0.157. The zero-order valence-corrected chi connectivity index (χ0v) is 12.1. The van der Waals surface area contributed by atoms with Gasteiger partial charge < -0.3 is 18.6 Å². The van der Waals surface area contributed by atoms with Crippen molar-refractivity contribution >= 4 is 22.9 Å². The van der Waals surface area contributed by atoms with E-state index in [0.29, 0.717) is 5.39 Å². The highest BCUT2D eigenvalue weighted by atomic mass is 16.6. The number of carbonyl (C=O) groups excluding carboxylic acids is 2. The van der Waals surface area contributed by atoms with Gasteiger partial charge in [0.15, 0.2) is 0 Å². The summed E-state index contributed by atoms with van der Waals surface area (Å²) in [4.78, 5) is 34.7. The van der Waals surface area contributed by atoms with Crippen molar-refractivity contribution in [3.05, 3.63) is 40.2 Å². The molecule has 0 aliphatic heterocycles. The molecule has 116 valence electrons. The molecular formula is C15H14O7. The summed E-state index contributed by atoms with van der Waals surface area (Å²) in [5.41, 5.74) is -0.800. The number of hydrogen-bond acceptors (Lipinski definition) is 7. The van der Waals surface area contributed by atoms with E-state index in [1.807, 2.05) is 0 Å². The lowest BCUT2D eigenvalue weighted by Crippen LogP contribution is -2.16. The Morgan fingerprint density at radius 1 is 1.23 bits per heavy atom. The molecule has 1 heterocycles. The Labute approximate surface area is 125 Å². The van der Waals surface area contributed by atoms with Gasteiger partial charge in [0.25, 0.3) is 0 Å². The summed E-state index contributed by atoms with van der Waals surface area (Å²) in [7, 11) is 1.37. The van der Waals surface area contributed by atoms with Gasteiger partial charge in [0, 0.05) is 18.6 Å². The fraction of sp³-hybridized carbons (Fsp3) is 0.267. The molecule has 0 spiro atoms. The van der Waals surface area contributed by atoms with Crippen molar-refractivity contribution in [2.75, 3.05) is 20.3 Å². The molecule has 2 aromatic rings. The Morgan fingerprint density at radius 2 is 2.00 bits per heavy atom. The number of hydrogen-bond donors (Lipinski definition) is 0. The van der Waals surface area contributed by atoms with E-state index in [1.165, 1.54) is 25.3 Å². The van der Waals surface area contributed by atoms with Gasteiger partial charge in [0.2, 0.25) is 0 Å². The molecule has 0 N–H and O–H groups in total. The number of carbonyl (C=O) groups is 2. The van der Waals surface area contributed by atoms with Gasteiger partial charge in [0.1, 0.15) is 23.5 Å². The topological polar surface area (TPSA) is 92.0 Å². The van der Waals surface area contributed by atoms with Crippen LogP contribution >= 0.6 is 0 Å². The Morgan fingerprint density at radius 3 is 2.68 bits per heavy atom. The van der Waals surface area contributed by atoms with E-state index in [-0.39, 0.29) is 30.1 Å². The number of methoxy groups -OCH3 is 1. The first-order valence-electron chi connectivity index (χ1n) is 6.49. The van der Waals surface area contributed by atoms with E-state index in [1.54, 1.807) is 13.0 Å². The third-order valence-corrected chi connectivity index (χ3v) is 2.70. The second-order valence-corrected chi connectivity index (χ2v) is 4.27. The van der Waals surface area contributed by atoms with Crippen LogP contribution in [-0.2, 0) is 14.3 Å². The number of ether oxygens (including phenoxy) is 3. The summed E-state index contributed by atoms with van der Waals surface area (Å²) in [6, 6.07) is 5.85. The van der Waals surface area contributed by atoms with Crippen LogP contribution in [0.2, 0.25) is 0 Å². The monoisotopic (exact) mass is 306 g/mol. The van der Waals surface area contributed by atoms with E-state index in [9.17, 15) is 14.4 Å². The minimum Gasteiger partial charge on any atom is -0.462 e. The van der Waals surface area contributed by atoms with E-state index >= 15 is 0 Å². The van der Waals surface area contributed by atoms with Crippen molar-refractivity contribution in [3.8, 4) is 5.75 Å². The van der Waals surface area contributed by atoms with E-state index < -0.39 is 17.6 Å². The van der Waals surface area contributed by atoms with Crippen LogP contribution < -0.4 is 10.4 Å². The molecule has 0 radical (unpaired) electrons. The zero-order chi connectivity index (χ0) is 16.1. The highest BCUT2D eigenvalue weighted by Crippen LogP contribution is 2.21. The standard InChI is InChI=1S/C15H14O7/c1-3-20-14(17)11-6-9-4-5-10(21-13(16)8-19-2)7-12(9)22-15(11)18/h4-7H,3,8H2,1-2H3. The van der Waals surface area contributed by atoms with Crippen LogP contribution in [0.5, 0.6) is 5.75 Å². The Kier molecular flexibility index (Phi) is 4.90. The molecule has 0 fully saturated rings. The van der Waals surface area contributed by atoms with Crippen LogP contribution in [0.1, 0.15) is 17.3 Å². The molecular weight excluding hydrogens is 292 g/mol. The van der Waals surface area contributed by atoms with Gasteiger partial charge in [-0.15, -0.1) is 0 Å². The van der Waals surface area contributed by atoms with Crippen molar-refractivity contribution < 1.29 is 28.2 Å². The molecule has 22 heavy (non-hydrogen) atoms. The number of benzene rings is 1. The number of rotatable bonds is 5. The van der Waals surface area contributed by atoms with Gasteiger partial charge >= 0.3 is 17.6 Å². The van der Waals surface area contributed by atoms with E-state index in [4.69, 9.17) is 13.9 Å². The lowest BCUT2D eigenvalue weighted by atomic mass is 10.2. The Hall–Kier alpha value is -2.67. The summed E-state index contributed by atoms with van der Waals surface area (Å²) in [6.45, 7) is 1.61. The summed E-state index contributed by atoms with van der Waals surface area (Å²) >= 11 is 0. The first-order valence-corrected chi connectivity index (χ1v) is 6.49. The van der Waals surface area contributed by atoms with E-state index in [0.717, 1.165) is 0 Å². The van der Waals surface area contributed by atoms with Crippen LogP contribution in [0, 0.1) is 0 Å². The van der Waals surface area contributed by atoms with Crippen LogP contribution in [0.3, 0.4) is 0 Å². The molecule has 1 aromatic heterocycles. The molecule has 7 heteroatoms. The summed E-state index contributed by atoms with van der Waals surface area (Å²) in [5, 5.41) is 0.509. The number of esters is 2. The summed E-state index contributed by atoms with van der Waals surface area (Å²) in [5.74, 6) is -1.11. The molecule has 0 saturated carbocycles. The maximum atomic E-state index is 11.8. The SMILES string of the molecule is CCOC(=O)c1cc2ccc(OC(=O)COC)cc2oc1=O. The maximum Gasteiger partial charge on any atom is 0.351 e. The lowest BCUT2D eigenvalue weighted by molar-refractivity contribution is -0.138. The van der Waals surface area contributed by atoms with Gasteiger partial charge in [-0.2, -0.15) is 0 Å². The van der Waals surface area contributed by atoms with Crippen molar-refractivity contribution in [3.63, 3.8) is 0 Å². The summed E-state index contributed by atoms with van der Waals surface area (Å²) < 4.78 is 19.5. The second kappa shape index (κ2) is 6.86. The first-order chi connectivity index (χ1) is 10.5. The normalized spacial score (nSPS) is 10.5. The molecule has 0 saturated heterocycles. The number of fused-ring (bicyclic) bond motifs is 1. The maximum absolute atomic E-state index is 11.8. The van der Waals surface area contributed by atoms with Crippen molar-refractivity contribution in [1.82, 2.24) is 0 Å². The fourth-order valence-corrected chi connectivity index (χ4v) is 1.78. The molecule has 0 unspecified atom stereocenters. The molecule has 7 nitrogen and oxygen atoms in total. The predicted molar refractivity (Wildman–Crippen MR) is 76.0 cm³/mol. The highest BCUT2D eigenvalue weighted by molar-refractivity contribution is 5.93. The van der Waals surface area contributed by atoms with Crippen molar-refractivity contribution in [2.45, 2.75) is 6.92 Å². The van der Waals surface area contributed by atoms with E-state index in [2.05, 4.69) is 4.74 Å². The molecule has 0 amide bonds. The van der Waals surface area contributed by atoms with Gasteiger partial charge in [-0.25, -0.2) is 14.4 Å². The lowest BCUT2D eigenvalue weighted by Gasteiger charge is -2.05. The molecule has 0 atom stereocenters. The smallest absolute Gasteiger partial charge is 0.351 e. The van der Waals surface area contributed by atoms with Crippen LogP contribution in [0.15, 0.2) is 33.5 Å². The average Bonchev–Trinajstić information content (AvgIpc) is 2.46. The summed E-state index contributed by atoms with van der Waals surface area (Å²) in [6.07, 6.45) is 0. The highest BCUT2D eigenvalue weighted by Gasteiger charge is 2.15. The van der Waals surface area contributed by atoms with Crippen LogP contribution in [0.4, 0.5) is 0 Å². The van der Waals surface area contributed by atoms with Crippen molar-refractivity contribution in [1.29, 1.82) is 0 Å². The predicted octanol–water partition coefficient (Wildman–Crippen LogP) is 1.52. The van der Waals surface area contributed by atoms with Gasteiger partial charge in [-0.3, -0.25) is 0 Å². The molecule has 1 aromatic carbocycles. The molecule has 0 bridgehead atoms. The van der Waals surface area contributed by atoms with Gasteiger partial charge in [0.05, 0.1) is 6.61 Å². The molecule has 0 aliphatic carbocycles. The average molecular weight is 306 g/mol. The van der Waals surface area contributed by atoms with Gasteiger partial charge in [-0.05, 0) is 25.1 Å². The Bertz CT molecular complexity index is 760. The minimum atomic E-state index is -0.814. The quantitative estimate of drug-likeness (QED) is 0.470. The largest absolute Gasteiger partial charge is 0.462 e. The first kappa shape index (κ1) is 15.7. The third kappa shape index (κ3) is 3.50. The fourth-order valence-electron chi connectivity index (χ4n) is 1.78. The van der Waals surface area contributed by atoms with Gasteiger partial charge in [-0.1, -0.05) is 0 Å². The van der Waals surface area contributed by atoms with Crippen LogP contribution in [-0.4, -0.2) is 32.3 Å². The zero-order valence-electron chi connectivity index (χ0n) is 12.1. The van der Waals surface area contributed by atoms with Crippen LogP contribution in [0.25, 0.3) is 11.0 Å². The second-order valence-electron chi connectivity index (χ2n) is 4.27. The Balaban J connectivity index is 2.35. The van der Waals surface area contributed by atoms with Crippen molar-refractivity contribution in [2.24, 2.45) is 0 Å². The third-order valence-electron chi connectivity index (χ3n) is 2.70. The molecule has 2 rings (SSSR count). The molecule has 0 aliphatic rings.